The number of benzene rings is 1. The number of hydrogen-bond donors (Lipinski definition) is 2. The first-order chi connectivity index (χ1) is 8.66. The van der Waals surface area contributed by atoms with E-state index in [-0.39, 0.29) is 12.5 Å². The number of carbonyl (C=O) groups is 1. The van der Waals surface area contributed by atoms with Crippen LogP contribution in [-0.2, 0) is 4.79 Å². The molecule has 2 atom stereocenters. The van der Waals surface area contributed by atoms with E-state index in [2.05, 4.69) is 0 Å². The molecule has 0 spiro atoms. The third-order valence-electron chi connectivity index (χ3n) is 2.89. The van der Waals surface area contributed by atoms with Crippen LogP contribution < -0.4 is 10.5 Å². The van der Waals surface area contributed by atoms with Gasteiger partial charge < -0.3 is 15.6 Å². The van der Waals surface area contributed by atoms with E-state index in [1.807, 2.05) is 36.0 Å². The topological polar surface area (TPSA) is 72.6 Å². The first-order valence-electron chi connectivity index (χ1n) is 5.97. The van der Waals surface area contributed by atoms with Gasteiger partial charge in [0.05, 0.1) is 6.42 Å². The van der Waals surface area contributed by atoms with E-state index < -0.39 is 12.0 Å². The van der Waals surface area contributed by atoms with E-state index in [1.54, 1.807) is 0 Å². The van der Waals surface area contributed by atoms with Crippen molar-refractivity contribution in [3.05, 3.63) is 29.8 Å². The molecule has 3 N–H and O–H groups in total. The fourth-order valence-corrected chi connectivity index (χ4v) is 3.07. The molecule has 0 aliphatic carbocycles. The second-order valence-electron chi connectivity index (χ2n) is 4.35. The molecule has 0 amide bonds. The normalized spacial score (nSPS) is 20.6. The predicted molar refractivity (Wildman–Crippen MR) is 72.0 cm³/mol. The molecule has 5 heteroatoms. The van der Waals surface area contributed by atoms with Crippen molar-refractivity contribution in [2.45, 2.75) is 25.0 Å². The van der Waals surface area contributed by atoms with Gasteiger partial charge >= 0.3 is 5.97 Å². The van der Waals surface area contributed by atoms with Crippen LogP contribution in [0.15, 0.2) is 24.3 Å². The van der Waals surface area contributed by atoms with Gasteiger partial charge in [0.25, 0.3) is 0 Å². The molecule has 1 saturated heterocycles. The largest absolute Gasteiger partial charge is 0.489 e. The number of thioether (sulfide) groups is 1. The molecular formula is C13H17NO3S. The van der Waals surface area contributed by atoms with Gasteiger partial charge in [0.2, 0.25) is 0 Å². The predicted octanol–water partition coefficient (Wildman–Crippen LogP) is 2.05. The molecule has 1 aliphatic rings. The van der Waals surface area contributed by atoms with Crippen LogP contribution in [0.1, 0.15) is 24.4 Å². The summed E-state index contributed by atoms with van der Waals surface area (Å²) in [5.41, 5.74) is 6.68. The van der Waals surface area contributed by atoms with Crippen molar-refractivity contribution in [3.63, 3.8) is 0 Å². The Bertz CT molecular complexity index is 418. The lowest BCUT2D eigenvalue weighted by atomic mass is 10.0. The molecule has 0 saturated carbocycles. The van der Waals surface area contributed by atoms with Gasteiger partial charge in [-0.1, -0.05) is 18.2 Å². The van der Waals surface area contributed by atoms with Crippen LogP contribution in [0.2, 0.25) is 0 Å². The molecule has 2 unspecified atom stereocenters. The highest BCUT2D eigenvalue weighted by atomic mass is 32.2. The third-order valence-corrected chi connectivity index (χ3v) is 4.03. The Balaban J connectivity index is 2.11. The van der Waals surface area contributed by atoms with Crippen molar-refractivity contribution in [1.29, 1.82) is 0 Å². The van der Waals surface area contributed by atoms with Crippen LogP contribution in [0.25, 0.3) is 0 Å². The van der Waals surface area contributed by atoms with Gasteiger partial charge in [0.1, 0.15) is 11.9 Å². The number of aliphatic carboxylic acids is 1. The molecule has 0 bridgehead atoms. The van der Waals surface area contributed by atoms with Crippen molar-refractivity contribution >= 4 is 17.7 Å². The zero-order valence-electron chi connectivity index (χ0n) is 10.0. The Morgan fingerprint density at radius 3 is 3.00 bits per heavy atom. The van der Waals surface area contributed by atoms with Crippen molar-refractivity contribution in [1.82, 2.24) is 0 Å². The Morgan fingerprint density at radius 1 is 1.56 bits per heavy atom. The van der Waals surface area contributed by atoms with E-state index in [9.17, 15) is 4.79 Å². The summed E-state index contributed by atoms with van der Waals surface area (Å²) in [4.78, 5) is 10.7. The minimum Gasteiger partial charge on any atom is -0.489 e. The lowest BCUT2D eigenvalue weighted by Gasteiger charge is -2.18. The molecule has 1 aromatic rings. The van der Waals surface area contributed by atoms with E-state index >= 15 is 0 Å². The number of carboxylic acid groups (broad SMARTS) is 1. The van der Waals surface area contributed by atoms with E-state index in [0.29, 0.717) is 0 Å². The van der Waals surface area contributed by atoms with Crippen molar-refractivity contribution in [2.24, 2.45) is 5.73 Å². The lowest BCUT2D eigenvalue weighted by Crippen LogP contribution is -2.20. The average Bonchev–Trinajstić information content (AvgIpc) is 2.81. The summed E-state index contributed by atoms with van der Waals surface area (Å²) in [5, 5.41) is 8.80. The number of para-hydroxylation sites is 1. The minimum atomic E-state index is -0.895. The molecule has 0 aromatic heterocycles. The van der Waals surface area contributed by atoms with Crippen molar-refractivity contribution in [2.75, 3.05) is 11.5 Å². The van der Waals surface area contributed by atoms with Crippen LogP contribution in [0.5, 0.6) is 5.75 Å². The summed E-state index contributed by atoms with van der Waals surface area (Å²) in [6.07, 6.45) is 1.17. The molecule has 1 heterocycles. The van der Waals surface area contributed by atoms with E-state index in [4.69, 9.17) is 15.6 Å². The summed E-state index contributed by atoms with van der Waals surface area (Å²) < 4.78 is 5.92. The fourth-order valence-electron chi connectivity index (χ4n) is 1.98. The van der Waals surface area contributed by atoms with E-state index in [0.717, 1.165) is 29.2 Å². The van der Waals surface area contributed by atoms with Gasteiger partial charge in [-0.3, -0.25) is 4.79 Å². The monoisotopic (exact) mass is 267 g/mol. The quantitative estimate of drug-likeness (QED) is 0.854. The molecule has 0 radical (unpaired) electrons. The zero-order valence-corrected chi connectivity index (χ0v) is 10.9. The van der Waals surface area contributed by atoms with Gasteiger partial charge in [0, 0.05) is 17.4 Å². The Hall–Kier alpha value is -1.20. The number of ether oxygens (including phenoxy) is 1. The summed E-state index contributed by atoms with van der Waals surface area (Å²) in [6, 6.07) is 6.92. The second-order valence-corrected chi connectivity index (χ2v) is 5.50. The van der Waals surface area contributed by atoms with Gasteiger partial charge in [0.15, 0.2) is 0 Å². The maximum Gasteiger partial charge on any atom is 0.305 e. The number of nitrogens with two attached hydrogens (primary N) is 1. The van der Waals surface area contributed by atoms with Crippen LogP contribution in [-0.4, -0.2) is 28.7 Å². The van der Waals surface area contributed by atoms with Crippen molar-refractivity contribution < 1.29 is 14.6 Å². The third kappa shape index (κ3) is 3.40. The molecular weight excluding hydrogens is 250 g/mol. The number of hydrogen-bond acceptors (Lipinski definition) is 4. The fraction of sp³-hybridized carbons (Fsp3) is 0.462. The van der Waals surface area contributed by atoms with Crippen molar-refractivity contribution in [3.8, 4) is 5.75 Å². The first-order valence-corrected chi connectivity index (χ1v) is 7.13. The molecule has 98 valence electrons. The number of carboxylic acids is 1. The second kappa shape index (κ2) is 6.11. The SMILES string of the molecule is NC(CC(=O)O)c1ccccc1OC1CCSC1. The van der Waals surface area contributed by atoms with Crippen LogP contribution >= 0.6 is 11.8 Å². The maximum absolute atomic E-state index is 10.7. The van der Waals surface area contributed by atoms with Crippen LogP contribution in [0.4, 0.5) is 0 Å². The Morgan fingerprint density at radius 2 is 2.33 bits per heavy atom. The first kappa shape index (κ1) is 13.2. The van der Waals surface area contributed by atoms with Crippen LogP contribution in [0, 0.1) is 0 Å². The smallest absolute Gasteiger partial charge is 0.305 e. The zero-order chi connectivity index (χ0) is 13.0. The van der Waals surface area contributed by atoms with Crippen LogP contribution in [0.3, 0.4) is 0 Å². The van der Waals surface area contributed by atoms with Gasteiger partial charge in [-0.05, 0) is 18.2 Å². The highest BCUT2D eigenvalue weighted by Crippen LogP contribution is 2.29. The molecule has 18 heavy (non-hydrogen) atoms. The maximum atomic E-state index is 10.7. The minimum absolute atomic E-state index is 0.0835. The standard InChI is InChI=1S/C13H17NO3S/c14-11(7-13(15)16)10-3-1-2-4-12(10)17-9-5-6-18-8-9/h1-4,9,11H,5-8,14H2,(H,15,16). The summed E-state index contributed by atoms with van der Waals surface area (Å²) in [5.74, 6) is 1.93. The summed E-state index contributed by atoms with van der Waals surface area (Å²) >= 11 is 1.88. The molecule has 1 aromatic carbocycles. The molecule has 2 rings (SSSR count). The molecule has 4 nitrogen and oxygen atoms in total. The Labute approximate surface area is 111 Å². The van der Waals surface area contributed by atoms with Gasteiger partial charge in [-0.15, -0.1) is 0 Å². The lowest BCUT2D eigenvalue weighted by molar-refractivity contribution is -0.137. The highest BCUT2D eigenvalue weighted by molar-refractivity contribution is 7.99. The summed E-state index contributed by atoms with van der Waals surface area (Å²) in [7, 11) is 0. The number of rotatable bonds is 5. The highest BCUT2D eigenvalue weighted by Gasteiger charge is 2.20. The summed E-state index contributed by atoms with van der Waals surface area (Å²) in [6.45, 7) is 0. The average molecular weight is 267 g/mol. The van der Waals surface area contributed by atoms with Gasteiger partial charge in [-0.2, -0.15) is 11.8 Å². The molecule has 1 fully saturated rings. The molecule has 1 aliphatic heterocycles. The Kier molecular flexibility index (Phi) is 4.49. The van der Waals surface area contributed by atoms with E-state index in [1.165, 1.54) is 0 Å². The van der Waals surface area contributed by atoms with Gasteiger partial charge in [-0.25, -0.2) is 0 Å².